The summed E-state index contributed by atoms with van der Waals surface area (Å²) in [4.78, 5) is 18.7. The normalized spacial score (nSPS) is 11.5. The predicted molar refractivity (Wildman–Crippen MR) is 129 cm³/mol. The molecule has 9 nitrogen and oxygen atoms in total. The van der Waals surface area contributed by atoms with Gasteiger partial charge >= 0.3 is 0 Å². The molecule has 9 heteroatoms. The van der Waals surface area contributed by atoms with Crippen LogP contribution in [0.5, 0.6) is 5.75 Å². The van der Waals surface area contributed by atoms with Crippen molar-refractivity contribution >= 4 is 28.3 Å². The van der Waals surface area contributed by atoms with Gasteiger partial charge in [-0.1, -0.05) is 6.08 Å². The number of aryl methyl sites for hydroxylation is 1. The van der Waals surface area contributed by atoms with Gasteiger partial charge in [0.25, 0.3) is 0 Å². The first kappa shape index (κ1) is 22.1. The van der Waals surface area contributed by atoms with E-state index in [1.807, 2.05) is 60.8 Å². The highest BCUT2D eigenvalue weighted by Gasteiger charge is 2.14. The SMILES string of the molecule is Cc1cc(OCc2cc3cccnc3n2-c2ccn[nH]2)c(N)cc1NC(=O)/C=C/CN(C)C. The highest BCUT2D eigenvalue weighted by molar-refractivity contribution is 6.00. The van der Waals surface area contributed by atoms with E-state index in [2.05, 4.69) is 20.5 Å². The van der Waals surface area contributed by atoms with Crippen LogP contribution in [0.3, 0.4) is 0 Å². The van der Waals surface area contributed by atoms with Crippen molar-refractivity contribution in [1.29, 1.82) is 0 Å². The summed E-state index contributed by atoms with van der Waals surface area (Å²) in [6.45, 7) is 2.86. The van der Waals surface area contributed by atoms with Gasteiger partial charge in [-0.15, -0.1) is 0 Å². The second-order valence-electron chi connectivity index (χ2n) is 7.98. The van der Waals surface area contributed by atoms with E-state index in [1.54, 1.807) is 24.5 Å². The lowest BCUT2D eigenvalue weighted by molar-refractivity contribution is -0.111. The maximum Gasteiger partial charge on any atom is 0.248 e. The fourth-order valence-electron chi connectivity index (χ4n) is 3.49. The minimum atomic E-state index is -0.204. The number of aromatic nitrogens is 4. The lowest BCUT2D eigenvalue weighted by Gasteiger charge is -2.14. The average molecular weight is 446 g/mol. The topological polar surface area (TPSA) is 114 Å². The number of H-pyrrole nitrogens is 1. The molecule has 0 aliphatic rings. The Kier molecular flexibility index (Phi) is 6.41. The molecule has 1 amide bonds. The summed E-state index contributed by atoms with van der Waals surface area (Å²) < 4.78 is 8.06. The molecule has 1 aromatic carbocycles. The van der Waals surface area contributed by atoms with Gasteiger partial charge in [0.05, 0.1) is 17.6 Å². The summed E-state index contributed by atoms with van der Waals surface area (Å²) in [6, 6.07) is 11.3. The van der Waals surface area contributed by atoms with Gasteiger partial charge in [0, 0.05) is 36.0 Å². The first-order chi connectivity index (χ1) is 15.9. The van der Waals surface area contributed by atoms with Crippen molar-refractivity contribution in [3.63, 3.8) is 0 Å². The summed E-state index contributed by atoms with van der Waals surface area (Å²) in [7, 11) is 3.88. The van der Waals surface area contributed by atoms with E-state index in [4.69, 9.17) is 10.5 Å². The van der Waals surface area contributed by atoms with E-state index in [-0.39, 0.29) is 12.5 Å². The number of anilines is 2. The van der Waals surface area contributed by atoms with Crippen molar-refractivity contribution in [3.8, 4) is 11.6 Å². The van der Waals surface area contributed by atoms with Crippen LogP contribution in [0, 0.1) is 6.92 Å². The molecule has 0 aliphatic carbocycles. The van der Waals surface area contributed by atoms with Crippen molar-refractivity contribution in [2.24, 2.45) is 0 Å². The van der Waals surface area contributed by atoms with Gasteiger partial charge in [-0.2, -0.15) is 5.10 Å². The maximum atomic E-state index is 12.2. The number of nitrogens with two attached hydrogens (primary N) is 1. The molecule has 170 valence electrons. The first-order valence-electron chi connectivity index (χ1n) is 10.5. The number of hydrogen-bond acceptors (Lipinski definition) is 6. The Morgan fingerprint density at radius 3 is 2.88 bits per heavy atom. The number of aromatic amines is 1. The van der Waals surface area contributed by atoms with E-state index < -0.39 is 0 Å². The summed E-state index contributed by atoms with van der Waals surface area (Å²) in [5.41, 5.74) is 9.89. The Hall–Kier alpha value is -4.11. The minimum Gasteiger partial charge on any atom is -0.485 e. The second-order valence-corrected chi connectivity index (χ2v) is 7.98. The fourth-order valence-corrected chi connectivity index (χ4v) is 3.49. The number of pyridine rings is 1. The van der Waals surface area contributed by atoms with Gasteiger partial charge in [-0.05, 0) is 56.9 Å². The number of fused-ring (bicyclic) bond motifs is 1. The van der Waals surface area contributed by atoms with Gasteiger partial charge in [0.1, 0.15) is 23.8 Å². The monoisotopic (exact) mass is 445 g/mol. The van der Waals surface area contributed by atoms with Crippen LogP contribution in [0.25, 0.3) is 16.9 Å². The number of nitrogens with zero attached hydrogens (tertiary/aromatic N) is 4. The Bertz CT molecular complexity index is 1290. The van der Waals surface area contributed by atoms with E-state index in [0.29, 0.717) is 23.7 Å². The van der Waals surface area contributed by atoms with Crippen molar-refractivity contribution in [2.45, 2.75) is 13.5 Å². The molecule has 0 spiro atoms. The molecule has 3 heterocycles. The molecule has 0 fully saturated rings. The molecule has 0 bridgehead atoms. The third-order valence-electron chi connectivity index (χ3n) is 5.09. The Balaban J connectivity index is 1.52. The number of nitrogens with one attached hydrogen (secondary N) is 2. The molecule has 0 aliphatic heterocycles. The van der Waals surface area contributed by atoms with Gasteiger partial charge in [0.2, 0.25) is 5.91 Å². The number of ether oxygens (including phenoxy) is 1. The van der Waals surface area contributed by atoms with Crippen LogP contribution in [-0.2, 0) is 11.4 Å². The fraction of sp³-hybridized carbons (Fsp3) is 0.208. The lowest BCUT2D eigenvalue weighted by Crippen LogP contribution is -2.13. The third kappa shape index (κ3) is 5.04. The summed E-state index contributed by atoms with van der Waals surface area (Å²) in [5.74, 6) is 1.14. The van der Waals surface area contributed by atoms with Gasteiger partial charge in [-0.3, -0.25) is 14.5 Å². The number of carbonyl (C=O) groups excluding carboxylic acids is 1. The molecular weight excluding hydrogens is 418 g/mol. The van der Waals surface area contributed by atoms with Crippen LogP contribution in [-0.4, -0.2) is 51.2 Å². The van der Waals surface area contributed by atoms with E-state index in [0.717, 1.165) is 28.1 Å². The van der Waals surface area contributed by atoms with Crippen LogP contribution >= 0.6 is 0 Å². The quantitative estimate of drug-likeness (QED) is 0.283. The van der Waals surface area contributed by atoms with Crippen molar-refractivity contribution in [1.82, 2.24) is 24.6 Å². The van der Waals surface area contributed by atoms with Crippen LogP contribution in [0.1, 0.15) is 11.3 Å². The molecule has 0 saturated carbocycles. The molecule has 4 aromatic rings. The van der Waals surface area contributed by atoms with Crippen molar-refractivity contribution < 1.29 is 9.53 Å². The summed E-state index contributed by atoms with van der Waals surface area (Å²) in [6.07, 6.45) is 6.77. The molecular formula is C24H27N7O2. The molecule has 0 radical (unpaired) electrons. The highest BCUT2D eigenvalue weighted by Crippen LogP contribution is 2.30. The molecule has 3 aromatic heterocycles. The summed E-state index contributed by atoms with van der Waals surface area (Å²) in [5, 5.41) is 10.9. The van der Waals surface area contributed by atoms with Crippen LogP contribution in [0.15, 0.2) is 60.9 Å². The zero-order chi connectivity index (χ0) is 23.4. The number of hydrogen-bond donors (Lipinski definition) is 3. The predicted octanol–water partition coefficient (Wildman–Crippen LogP) is 3.27. The molecule has 0 unspecified atom stereocenters. The van der Waals surface area contributed by atoms with E-state index in [9.17, 15) is 4.79 Å². The molecule has 4 rings (SSSR count). The van der Waals surface area contributed by atoms with Crippen LogP contribution in [0.4, 0.5) is 11.4 Å². The zero-order valence-electron chi connectivity index (χ0n) is 18.9. The molecule has 0 atom stereocenters. The van der Waals surface area contributed by atoms with Crippen molar-refractivity contribution in [2.75, 3.05) is 31.7 Å². The Morgan fingerprint density at radius 1 is 1.27 bits per heavy atom. The van der Waals surface area contributed by atoms with E-state index >= 15 is 0 Å². The molecule has 33 heavy (non-hydrogen) atoms. The smallest absolute Gasteiger partial charge is 0.248 e. The molecule has 4 N–H and O–H groups in total. The standard InChI is InChI=1S/C24H27N7O2/c1-16-12-21(19(25)14-20(16)28-23(32)7-5-11-30(2)3)33-15-18-13-17-6-4-9-26-24(17)31(18)22-8-10-27-29-22/h4-10,12-14H,11,15,25H2,1-3H3,(H,27,29)(H,28,32)/b7-5+. The number of nitrogen functional groups attached to an aromatic ring is 1. The van der Waals surface area contributed by atoms with Crippen LogP contribution < -0.4 is 15.8 Å². The zero-order valence-corrected chi connectivity index (χ0v) is 18.9. The van der Waals surface area contributed by atoms with Crippen LogP contribution in [0.2, 0.25) is 0 Å². The lowest BCUT2D eigenvalue weighted by atomic mass is 10.1. The van der Waals surface area contributed by atoms with Gasteiger partial charge < -0.3 is 20.7 Å². The van der Waals surface area contributed by atoms with E-state index in [1.165, 1.54) is 6.08 Å². The third-order valence-corrected chi connectivity index (χ3v) is 5.09. The van der Waals surface area contributed by atoms with Gasteiger partial charge in [-0.25, -0.2) is 4.98 Å². The Morgan fingerprint density at radius 2 is 2.12 bits per heavy atom. The largest absolute Gasteiger partial charge is 0.485 e. The minimum absolute atomic E-state index is 0.204. The maximum absolute atomic E-state index is 12.2. The first-order valence-corrected chi connectivity index (χ1v) is 10.5. The van der Waals surface area contributed by atoms with Gasteiger partial charge in [0.15, 0.2) is 0 Å². The molecule has 0 saturated heterocycles. The number of benzene rings is 1. The van der Waals surface area contributed by atoms with Crippen molar-refractivity contribution in [3.05, 3.63) is 72.2 Å². The number of carbonyl (C=O) groups is 1. The summed E-state index contributed by atoms with van der Waals surface area (Å²) >= 11 is 0. The number of likely N-dealkylation sites (N-methyl/N-ethyl adjacent to an activating group) is 1. The highest BCUT2D eigenvalue weighted by atomic mass is 16.5. The Labute approximate surface area is 191 Å². The number of rotatable bonds is 8. The average Bonchev–Trinajstić information content (AvgIpc) is 3.42. The second kappa shape index (κ2) is 9.58. The number of amides is 1.